The fourth-order valence-electron chi connectivity index (χ4n) is 2.41. The lowest BCUT2D eigenvalue weighted by molar-refractivity contribution is -0.136. The largest absolute Gasteiger partial charge is 0.466 e. The molecule has 1 heterocycles. The van der Waals surface area contributed by atoms with Gasteiger partial charge in [0.1, 0.15) is 0 Å². The van der Waals surface area contributed by atoms with Crippen LogP contribution >= 0.6 is 15.9 Å². The fourth-order valence-corrected chi connectivity index (χ4v) is 2.67. The zero-order valence-corrected chi connectivity index (χ0v) is 14.0. The number of carbonyl (C=O) groups excluding carboxylic acids is 2. The molecule has 2 amide bonds. The van der Waals surface area contributed by atoms with Gasteiger partial charge in [-0.25, -0.2) is 9.59 Å². The van der Waals surface area contributed by atoms with E-state index in [0.29, 0.717) is 17.8 Å². The molecule has 1 aromatic rings. The number of carbonyl (C=O) groups is 2. The summed E-state index contributed by atoms with van der Waals surface area (Å²) in [6, 6.07) is 6.64. The quantitative estimate of drug-likeness (QED) is 0.659. The Morgan fingerprint density at radius 3 is 2.64 bits per heavy atom. The number of hydrogen-bond acceptors (Lipinski definition) is 3. The molecule has 1 atom stereocenters. The third-order valence-electron chi connectivity index (χ3n) is 3.52. The van der Waals surface area contributed by atoms with Gasteiger partial charge in [0.05, 0.1) is 18.7 Å². The highest BCUT2D eigenvalue weighted by Crippen LogP contribution is 2.31. The molecule has 2 rings (SSSR count). The van der Waals surface area contributed by atoms with E-state index in [1.807, 2.05) is 24.3 Å². The van der Waals surface area contributed by atoms with Gasteiger partial charge in [-0.1, -0.05) is 34.1 Å². The highest BCUT2D eigenvalue weighted by molar-refractivity contribution is 9.10. The Morgan fingerprint density at radius 2 is 2.09 bits per heavy atom. The van der Waals surface area contributed by atoms with Crippen LogP contribution in [-0.4, -0.2) is 30.6 Å². The van der Waals surface area contributed by atoms with Gasteiger partial charge < -0.3 is 10.1 Å². The topological polar surface area (TPSA) is 58.6 Å². The molecular formula is C16H17BrN2O3. The SMILES string of the molecule is C=CCN1C(=O)NC(c2ccc(Br)cc2)C(C(=O)OC)=C1C. The van der Waals surface area contributed by atoms with Crippen molar-refractivity contribution in [2.45, 2.75) is 13.0 Å². The van der Waals surface area contributed by atoms with E-state index in [2.05, 4.69) is 27.8 Å². The maximum absolute atomic E-state index is 12.3. The summed E-state index contributed by atoms with van der Waals surface area (Å²) in [6.45, 7) is 5.70. The smallest absolute Gasteiger partial charge is 0.337 e. The van der Waals surface area contributed by atoms with Gasteiger partial charge in [-0.3, -0.25) is 4.90 Å². The van der Waals surface area contributed by atoms with Crippen LogP contribution in [0.4, 0.5) is 4.79 Å². The summed E-state index contributed by atoms with van der Waals surface area (Å²) < 4.78 is 5.81. The first-order valence-electron chi connectivity index (χ1n) is 6.73. The van der Waals surface area contributed by atoms with E-state index in [1.165, 1.54) is 12.0 Å². The van der Waals surface area contributed by atoms with Crippen LogP contribution in [0.15, 0.2) is 52.7 Å². The van der Waals surface area contributed by atoms with Gasteiger partial charge in [-0.15, -0.1) is 6.58 Å². The highest BCUT2D eigenvalue weighted by atomic mass is 79.9. The molecule has 0 saturated heterocycles. The second kappa shape index (κ2) is 6.79. The van der Waals surface area contributed by atoms with E-state index in [0.717, 1.165) is 10.0 Å². The maximum Gasteiger partial charge on any atom is 0.337 e. The van der Waals surface area contributed by atoms with Crippen molar-refractivity contribution in [3.63, 3.8) is 0 Å². The Hall–Kier alpha value is -2.08. The zero-order valence-electron chi connectivity index (χ0n) is 12.4. The third-order valence-corrected chi connectivity index (χ3v) is 4.05. The van der Waals surface area contributed by atoms with E-state index in [-0.39, 0.29) is 6.03 Å². The van der Waals surface area contributed by atoms with Crippen LogP contribution in [0, 0.1) is 0 Å². The van der Waals surface area contributed by atoms with Crippen LogP contribution in [0.25, 0.3) is 0 Å². The monoisotopic (exact) mass is 364 g/mol. The number of nitrogens with zero attached hydrogens (tertiary/aromatic N) is 1. The lowest BCUT2D eigenvalue weighted by atomic mass is 9.95. The number of urea groups is 1. The molecule has 6 heteroatoms. The van der Waals surface area contributed by atoms with Crippen molar-refractivity contribution >= 4 is 27.9 Å². The predicted molar refractivity (Wildman–Crippen MR) is 87.0 cm³/mol. The average molecular weight is 365 g/mol. The second-order valence-corrected chi connectivity index (χ2v) is 5.74. The first kappa shape index (κ1) is 16.3. The first-order chi connectivity index (χ1) is 10.5. The van der Waals surface area contributed by atoms with Gasteiger partial charge in [0.2, 0.25) is 0 Å². The molecule has 1 aromatic carbocycles. The lowest BCUT2D eigenvalue weighted by Crippen LogP contribution is -2.47. The average Bonchev–Trinajstić information content (AvgIpc) is 2.51. The van der Waals surface area contributed by atoms with E-state index >= 15 is 0 Å². The molecule has 22 heavy (non-hydrogen) atoms. The maximum atomic E-state index is 12.3. The van der Waals surface area contributed by atoms with E-state index < -0.39 is 12.0 Å². The van der Waals surface area contributed by atoms with E-state index in [9.17, 15) is 9.59 Å². The minimum absolute atomic E-state index is 0.266. The summed E-state index contributed by atoms with van der Waals surface area (Å²) in [5.41, 5.74) is 1.81. The molecule has 1 aliphatic rings. The standard InChI is InChI=1S/C16H17BrN2O3/c1-4-9-19-10(2)13(15(20)22-3)14(18-16(19)21)11-5-7-12(17)8-6-11/h4-8,14H,1,9H2,2-3H3,(H,18,21). The second-order valence-electron chi connectivity index (χ2n) is 4.82. The van der Waals surface area contributed by atoms with Gasteiger partial charge in [-0.05, 0) is 24.6 Å². The molecule has 0 bridgehead atoms. The van der Waals surface area contributed by atoms with Crippen LogP contribution < -0.4 is 5.32 Å². The summed E-state index contributed by atoms with van der Waals surface area (Å²) in [6.07, 6.45) is 1.61. The number of hydrogen-bond donors (Lipinski definition) is 1. The molecule has 5 nitrogen and oxygen atoms in total. The number of amides is 2. The van der Waals surface area contributed by atoms with Crippen LogP contribution in [0.1, 0.15) is 18.5 Å². The number of rotatable bonds is 4. The Morgan fingerprint density at radius 1 is 1.45 bits per heavy atom. The van der Waals surface area contributed by atoms with Crippen molar-refractivity contribution < 1.29 is 14.3 Å². The van der Waals surface area contributed by atoms with Crippen molar-refractivity contribution in [2.24, 2.45) is 0 Å². The van der Waals surface area contributed by atoms with Gasteiger partial charge in [0, 0.05) is 16.7 Å². The third kappa shape index (κ3) is 3.06. The molecule has 0 saturated carbocycles. The highest BCUT2D eigenvalue weighted by Gasteiger charge is 2.35. The number of methoxy groups -OCH3 is 1. The Kier molecular flexibility index (Phi) is 5.03. The Bertz CT molecular complexity index is 637. The summed E-state index contributed by atoms with van der Waals surface area (Å²) in [4.78, 5) is 25.9. The van der Waals surface area contributed by atoms with Gasteiger partial charge in [-0.2, -0.15) is 0 Å². The number of esters is 1. The van der Waals surface area contributed by atoms with Crippen LogP contribution in [0.5, 0.6) is 0 Å². The minimum Gasteiger partial charge on any atom is -0.466 e. The summed E-state index contributed by atoms with van der Waals surface area (Å²) >= 11 is 3.37. The number of allylic oxidation sites excluding steroid dienone is 1. The Labute approximate surface area is 137 Å². The van der Waals surface area contributed by atoms with Gasteiger partial charge in [0.15, 0.2) is 0 Å². The number of ether oxygens (including phenoxy) is 1. The molecule has 116 valence electrons. The molecular weight excluding hydrogens is 348 g/mol. The van der Waals surface area contributed by atoms with Crippen LogP contribution in [-0.2, 0) is 9.53 Å². The van der Waals surface area contributed by atoms with Crippen molar-refractivity contribution in [1.82, 2.24) is 10.2 Å². The fraction of sp³-hybridized carbons (Fsp3) is 0.250. The van der Waals surface area contributed by atoms with Crippen molar-refractivity contribution in [3.8, 4) is 0 Å². The number of halogens is 1. The summed E-state index contributed by atoms with van der Waals surface area (Å²) in [5, 5.41) is 2.85. The number of benzene rings is 1. The van der Waals surface area contributed by atoms with Crippen molar-refractivity contribution in [2.75, 3.05) is 13.7 Å². The minimum atomic E-state index is -0.533. The molecule has 1 unspecified atom stereocenters. The molecule has 0 fully saturated rings. The zero-order chi connectivity index (χ0) is 16.3. The normalized spacial score (nSPS) is 18.0. The molecule has 0 aliphatic carbocycles. The van der Waals surface area contributed by atoms with E-state index in [4.69, 9.17) is 4.74 Å². The first-order valence-corrected chi connectivity index (χ1v) is 7.52. The number of nitrogens with one attached hydrogen (secondary N) is 1. The van der Waals surface area contributed by atoms with Crippen molar-refractivity contribution in [3.05, 3.63) is 58.2 Å². The molecule has 0 radical (unpaired) electrons. The molecule has 1 aliphatic heterocycles. The Balaban J connectivity index is 2.52. The van der Waals surface area contributed by atoms with Crippen LogP contribution in [0.2, 0.25) is 0 Å². The van der Waals surface area contributed by atoms with Crippen LogP contribution in [0.3, 0.4) is 0 Å². The predicted octanol–water partition coefficient (Wildman–Crippen LogP) is 3.15. The molecule has 0 spiro atoms. The molecule has 1 N–H and O–H groups in total. The molecule has 0 aromatic heterocycles. The van der Waals surface area contributed by atoms with Crippen molar-refractivity contribution in [1.29, 1.82) is 0 Å². The summed E-state index contributed by atoms with van der Waals surface area (Å²) in [5.74, 6) is -0.459. The van der Waals surface area contributed by atoms with Gasteiger partial charge >= 0.3 is 12.0 Å². The lowest BCUT2D eigenvalue weighted by Gasteiger charge is -2.34. The summed E-state index contributed by atoms with van der Waals surface area (Å²) in [7, 11) is 1.33. The van der Waals surface area contributed by atoms with Gasteiger partial charge in [0.25, 0.3) is 0 Å². The van der Waals surface area contributed by atoms with E-state index in [1.54, 1.807) is 13.0 Å².